The summed E-state index contributed by atoms with van der Waals surface area (Å²) < 4.78 is 0. The fraction of sp³-hybridized carbons (Fsp3) is 0.500. The van der Waals surface area contributed by atoms with Crippen LogP contribution in [0.25, 0.3) is 10.7 Å². The summed E-state index contributed by atoms with van der Waals surface area (Å²) >= 11 is 3.02. The molecule has 1 atom stereocenters. The molecule has 1 saturated heterocycles. The van der Waals surface area contributed by atoms with Crippen LogP contribution in [0.4, 0.5) is 0 Å². The van der Waals surface area contributed by atoms with E-state index in [9.17, 15) is 4.79 Å². The van der Waals surface area contributed by atoms with Crippen LogP contribution < -0.4 is 0 Å². The molecule has 2 aromatic heterocycles. The van der Waals surface area contributed by atoms with E-state index in [0.29, 0.717) is 16.8 Å². The van der Waals surface area contributed by atoms with Gasteiger partial charge in [0.2, 0.25) is 11.1 Å². The molecule has 3 rings (SSSR count). The summed E-state index contributed by atoms with van der Waals surface area (Å²) in [5.74, 6) is 1.98. The third-order valence-corrected chi connectivity index (χ3v) is 5.26. The van der Waals surface area contributed by atoms with Crippen molar-refractivity contribution in [2.45, 2.75) is 24.9 Å². The number of aromatic amines is 1. The summed E-state index contributed by atoms with van der Waals surface area (Å²) in [6.07, 6.45) is 2.34. The van der Waals surface area contributed by atoms with Gasteiger partial charge in [-0.15, -0.1) is 16.4 Å². The lowest BCUT2D eigenvalue weighted by Gasteiger charge is -2.30. The number of nitrogens with one attached hydrogen (secondary N) is 1. The second-order valence-electron chi connectivity index (χ2n) is 5.32. The second kappa shape index (κ2) is 6.62. The number of H-pyrrole nitrogens is 1. The molecule has 1 N–H and O–H groups in total. The highest BCUT2D eigenvalue weighted by Gasteiger charge is 2.21. The zero-order valence-electron chi connectivity index (χ0n) is 11.9. The maximum atomic E-state index is 12.2. The molecular formula is C14H18N4OS2. The summed E-state index contributed by atoms with van der Waals surface area (Å²) in [6, 6.07) is 3.98. The lowest BCUT2D eigenvalue weighted by Crippen LogP contribution is -2.40. The van der Waals surface area contributed by atoms with E-state index < -0.39 is 0 Å². The summed E-state index contributed by atoms with van der Waals surface area (Å²) in [5.41, 5.74) is 0. The summed E-state index contributed by atoms with van der Waals surface area (Å²) in [7, 11) is 0. The standard InChI is InChI=1S/C14H18N4OS2/c1-10-4-2-6-18(8-10)12(19)9-21-14-15-13(16-17-14)11-5-3-7-20-11/h3,5,7,10H,2,4,6,8-9H2,1H3,(H,15,16,17)/t10-/m0/s1. The maximum Gasteiger partial charge on any atom is 0.233 e. The van der Waals surface area contributed by atoms with Crippen LogP contribution in [0.3, 0.4) is 0 Å². The summed E-state index contributed by atoms with van der Waals surface area (Å²) in [4.78, 5) is 19.6. The molecule has 1 aliphatic rings. The van der Waals surface area contributed by atoms with Crippen LogP contribution >= 0.6 is 23.1 Å². The highest BCUT2D eigenvalue weighted by molar-refractivity contribution is 7.99. The molecule has 5 nitrogen and oxygen atoms in total. The van der Waals surface area contributed by atoms with E-state index in [1.54, 1.807) is 11.3 Å². The van der Waals surface area contributed by atoms with E-state index in [4.69, 9.17) is 0 Å². The van der Waals surface area contributed by atoms with E-state index in [2.05, 4.69) is 22.1 Å². The van der Waals surface area contributed by atoms with Gasteiger partial charge in [-0.2, -0.15) is 0 Å². The van der Waals surface area contributed by atoms with Crippen molar-refractivity contribution in [1.82, 2.24) is 20.1 Å². The van der Waals surface area contributed by atoms with Crippen LogP contribution in [0, 0.1) is 5.92 Å². The molecule has 0 spiro atoms. The van der Waals surface area contributed by atoms with Gasteiger partial charge in [-0.1, -0.05) is 24.8 Å². The Labute approximate surface area is 132 Å². The van der Waals surface area contributed by atoms with Gasteiger partial charge in [0.15, 0.2) is 5.82 Å². The zero-order chi connectivity index (χ0) is 14.7. The Kier molecular flexibility index (Phi) is 4.60. The number of hydrogen-bond donors (Lipinski definition) is 1. The Balaban J connectivity index is 1.54. The van der Waals surface area contributed by atoms with Crippen molar-refractivity contribution in [3.63, 3.8) is 0 Å². The molecule has 0 unspecified atom stereocenters. The lowest BCUT2D eigenvalue weighted by atomic mass is 10.0. The Morgan fingerprint density at radius 3 is 3.29 bits per heavy atom. The number of rotatable bonds is 4. The molecule has 21 heavy (non-hydrogen) atoms. The molecule has 2 aromatic rings. The minimum atomic E-state index is 0.189. The van der Waals surface area contributed by atoms with Crippen LogP contribution in [0.5, 0.6) is 0 Å². The topological polar surface area (TPSA) is 61.9 Å². The molecule has 1 fully saturated rings. The van der Waals surface area contributed by atoms with Gasteiger partial charge in [-0.3, -0.25) is 9.89 Å². The van der Waals surface area contributed by atoms with Gasteiger partial charge in [-0.25, -0.2) is 4.98 Å². The van der Waals surface area contributed by atoms with Crippen LogP contribution in [0.1, 0.15) is 19.8 Å². The smallest absolute Gasteiger partial charge is 0.233 e. The molecule has 0 aliphatic carbocycles. The van der Waals surface area contributed by atoms with Crippen molar-refractivity contribution in [1.29, 1.82) is 0 Å². The van der Waals surface area contributed by atoms with Crippen molar-refractivity contribution in [3.05, 3.63) is 17.5 Å². The molecule has 7 heteroatoms. The van der Waals surface area contributed by atoms with E-state index >= 15 is 0 Å². The van der Waals surface area contributed by atoms with Gasteiger partial charge >= 0.3 is 0 Å². The van der Waals surface area contributed by atoms with Crippen molar-refractivity contribution >= 4 is 29.0 Å². The van der Waals surface area contributed by atoms with E-state index in [1.165, 1.54) is 18.2 Å². The monoisotopic (exact) mass is 322 g/mol. The van der Waals surface area contributed by atoms with Gasteiger partial charge in [-0.05, 0) is 30.2 Å². The number of nitrogens with zero attached hydrogens (tertiary/aromatic N) is 3. The van der Waals surface area contributed by atoms with E-state index in [1.807, 2.05) is 22.4 Å². The van der Waals surface area contributed by atoms with E-state index in [0.717, 1.165) is 30.2 Å². The summed E-state index contributed by atoms with van der Waals surface area (Å²) in [5, 5.41) is 9.73. The first-order chi connectivity index (χ1) is 10.2. The molecule has 0 saturated carbocycles. The van der Waals surface area contributed by atoms with Gasteiger partial charge in [0.05, 0.1) is 10.6 Å². The quantitative estimate of drug-likeness (QED) is 0.879. The minimum Gasteiger partial charge on any atom is -0.342 e. The molecular weight excluding hydrogens is 304 g/mol. The third-order valence-electron chi connectivity index (χ3n) is 3.55. The van der Waals surface area contributed by atoms with Gasteiger partial charge in [0, 0.05) is 13.1 Å². The maximum absolute atomic E-state index is 12.2. The van der Waals surface area contributed by atoms with Crippen LogP contribution in [-0.4, -0.2) is 44.8 Å². The first-order valence-electron chi connectivity index (χ1n) is 7.09. The number of piperidine rings is 1. The predicted molar refractivity (Wildman–Crippen MR) is 85.4 cm³/mol. The first-order valence-corrected chi connectivity index (χ1v) is 8.96. The molecule has 3 heterocycles. The molecule has 1 aliphatic heterocycles. The largest absolute Gasteiger partial charge is 0.342 e. The number of aromatic nitrogens is 3. The normalized spacial score (nSPS) is 18.9. The third kappa shape index (κ3) is 3.65. The molecule has 0 radical (unpaired) electrons. The Morgan fingerprint density at radius 2 is 2.52 bits per heavy atom. The van der Waals surface area contributed by atoms with Gasteiger partial charge < -0.3 is 4.90 Å². The molecule has 1 amide bonds. The number of carbonyl (C=O) groups is 1. The van der Waals surface area contributed by atoms with Crippen molar-refractivity contribution in [2.24, 2.45) is 5.92 Å². The van der Waals surface area contributed by atoms with Gasteiger partial charge in [0.1, 0.15) is 0 Å². The summed E-state index contributed by atoms with van der Waals surface area (Å²) in [6.45, 7) is 3.97. The number of likely N-dealkylation sites (tertiary alicyclic amines) is 1. The van der Waals surface area contributed by atoms with Crippen molar-refractivity contribution < 1.29 is 4.79 Å². The number of thioether (sulfide) groups is 1. The first kappa shape index (κ1) is 14.6. The zero-order valence-corrected chi connectivity index (χ0v) is 13.5. The van der Waals surface area contributed by atoms with Crippen LogP contribution in [0.15, 0.2) is 22.7 Å². The average Bonchev–Trinajstić information content (AvgIpc) is 3.15. The SMILES string of the molecule is C[C@H]1CCCN(C(=O)CSc2n[nH]c(-c3cccs3)n2)C1. The fourth-order valence-electron chi connectivity index (χ4n) is 2.47. The molecule has 112 valence electrons. The van der Waals surface area contributed by atoms with Crippen LogP contribution in [0.2, 0.25) is 0 Å². The Morgan fingerprint density at radius 1 is 1.62 bits per heavy atom. The average molecular weight is 322 g/mol. The highest BCUT2D eigenvalue weighted by atomic mass is 32.2. The Bertz CT molecular complexity index is 596. The highest BCUT2D eigenvalue weighted by Crippen LogP contribution is 2.23. The van der Waals surface area contributed by atoms with Crippen molar-refractivity contribution in [2.75, 3.05) is 18.8 Å². The van der Waals surface area contributed by atoms with Gasteiger partial charge in [0.25, 0.3) is 0 Å². The minimum absolute atomic E-state index is 0.189. The molecule has 0 bridgehead atoms. The predicted octanol–water partition coefficient (Wildman–Crippen LogP) is 2.88. The van der Waals surface area contributed by atoms with E-state index in [-0.39, 0.29) is 5.91 Å². The second-order valence-corrected chi connectivity index (χ2v) is 7.21. The van der Waals surface area contributed by atoms with Crippen molar-refractivity contribution in [3.8, 4) is 10.7 Å². The Hall–Kier alpha value is -1.34. The fourth-order valence-corrected chi connectivity index (χ4v) is 3.83. The number of hydrogen-bond acceptors (Lipinski definition) is 5. The molecule has 0 aromatic carbocycles. The number of amides is 1. The number of carbonyl (C=O) groups excluding carboxylic acids is 1. The number of thiophene rings is 1. The van der Waals surface area contributed by atoms with Crippen LogP contribution in [-0.2, 0) is 4.79 Å². The lowest BCUT2D eigenvalue weighted by molar-refractivity contribution is -0.130.